The van der Waals surface area contributed by atoms with E-state index in [0.717, 1.165) is 48.6 Å². The van der Waals surface area contributed by atoms with Crippen LogP contribution in [-0.2, 0) is 0 Å². The van der Waals surface area contributed by atoms with Gasteiger partial charge in [0, 0.05) is 44.1 Å². The summed E-state index contributed by atoms with van der Waals surface area (Å²) >= 11 is 1.65. The maximum atomic E-state index is 9.03. The fourth-order valence-corrected chi connectivity index (χ4v) is 3.77. The van der Waals surface area contributed by atoms with E-state index in [1.54, 1.807) is 11.3 Å². The molecule has 3 heterocycles. The lowest BCUT2D eigenvalue weighted by Crippen LogP contribution is -2.47. The van der Waals surface area contributed by atoms with Gasteiger partial charge >= 0.3 is 0 Å². The first-order chi connectivity index (χ1) is 12.3. The maximum Gasteiger partial charge on any atom is 0.227 e. The summed E-state index contributed by atoms with van der Waals surface area (Å²) in [6, 6.07) is 10.4. The van der Waals surface area contributed by atoms with Gasteiger partial charge in [0.05, 0.1) is 23.0 Å². The second-order valence-corrected chi connectivity index (χ2v) is 7.04. The van der Waals surface area contributed by atoms with Crippen molar-refractivity contribution < 1.29 is 5.11 Å². The van der Waals surface area contributed by atoms with Crippen molar-refractivity contribution in [2.24, 2.45) is 0 Å². The van der Waals surface area contributed by atoms with Crippen LogP contribution >= 0.6 is 11.3 Å². The topological polar surface area (TPSA) is 64.5 Å². The standard InChI is InChI=1S/C18H21N5OS/c24-11-10-22-6-8-23(9-7-22)15-3-1-14(2-4-15)20-18-19-13-17-16(21-18)5-12-25-17/h1-5,12-13,24H,6-11H2,(H,19,20,21). The van der Waals surface area contributed by atoms with Crippen LogP contribution in [0.25, 0.3) is 10.2 Å². The number of hydrogen-bond donors (Lipinski definition) is 2. The van der Waals surface area contributed by atoms with Crippen LogP contribution in [0.15, 0.2) is 41.9 Å². The third-order valence-corrected chi connectivity index (χ3v) is 5.32. The lowest BCUT2D eigenvalue weighted by atomic mass is 10.2. The van der Waals surface area contributed by atoms with Crippen molar-refractivity contribution >= 4 is 38.9 Å². The third-order valence-electron chi connectivity index (χ3n) is 4.48. The fourth-order valence-electron chi connectivity index (χ4n) is 3.08. The number of aliphatic hydroxyl groups is 1. The number of aliphatic hydroxyl groups excluding tert-OH is 1. The fraction of sp³-hybridized carbons (Fsp3) is 0.333. The molecule has 0 spiro atoms. The molecule has 130 valence electrons. The largest absolute Gasteiger partial charge is 0.395 e. The molecule has 0 radical (unpaired) electrons. The van der Waals surface area contributed by atoms with Gasteiger partial charge in [0.1, 0.15) is 0 Å². The number of thiophene rings is 1. The van der Waals surface area contributed by atoms with Crippen molar-refractivity contribution in [1.29, 1.82) is 0 Å². The first-order valence-electron chi connectivity index (χ1n) is 8.47. The van der Waals surface area contributed by atoms with Crippen LogP contribution in [0, 0.1) is 0 Å². The molecule has 2 N–H and O–H groups in total. The Hall–Kier alpha value is -2.22. The Bertz CT molecular complexity index is 827. The van der Waals surface area contributed by atoms with Crippen LogP contribution in [-0.4, -0.2) is 59.3 Å². The molecule has 0 aliphatic carbocycles. The van der Waals surface area contributed by atoms with Crippen molar-refractivity contribution in [2.75, 3.05) is 49.5 Å². The summed E-state index contributed by atoms with van der Waals surface area (Å²) in [6.45, 7) is 4.98. The summed E-state index contributed by atoms with van der Waals surface area (Å²) in [5, 5.41) is 14.3. The molecule has 1 aromatic carbocycles. The highest BCUT2D eigenvalue weighted by atomic mass is 32.1. The summed E-state index contributed by atoms with van der Waals surface area (Å²) in [5.41, 5.74) is 3.18. The number of hydrogen-bond acceptors (Lipinski definition) is 7. The van der Waals surface area contributed by atoms with E-state index in [9.17, 15) is 0 Å². The first kappa shape index (κ1) is 16.3. The van der Waals surface area contributed by atoms with E-state index in [4.69, 9.17) is 5.11 Å². The van der Waals surface area contributed by atoms with Crippen LogP contribution < -0.4 is 10.2 Å². The second-order valence-electron chi connectivity index (χ2n) is 6.09. The summed E-state index contributed by atoms with van der Waals surface area (Å²) in [7, 11) is 0. The van der Waals surface area contributed by atoms with Crippen molar-refractivity contribution in [1.82, 2.24) is 14.9 Å². The summed E-state index contributed by atoms with van der Waals surface area (Å²) in [6.07, 6.45) is 1.86. The van der Waals surface area contributed by atoms with Crippen LogP contribution in [0.2, 0.25) is 0 Å². The predicted octanol–water partition coefficient (Wildman–Crippen LogP) is 2.55. The minimum absolute atomic E-state index is 0.236. The van der Waals surface area contributed by atoms with Gasteiger partial charge in [0.25, 0.3) is 0 Å². The predicted molar refractivity (Wildman–Crippen MR) is 103 cm³/mol. The molecule has 6 nitrogen and oxygen atoms in total. The maximum absolute atomic E-state index is 9.03. The van der Waals surface area contributed by atoms with Crippen LogP contribution in [0.1, 0.15) is 0 Å². The second kappa shape index (κ2) is 7.35. The molecule has 1 aliphatic heterocycles. The lowest BCUT2D eigenvalue weighted by molar-refractivity contribution is 0.189. The number of fused-ring (bicyclic) bond motifs is 1. The normalized spacial score (nSPS) is 15.6. The van der Waals surface area contributed by atoms with E-state index in [1.807, 2.05) is 17.6 Å². The van der Waals surface area contributed by atoms with Crippen LogP contribution in [0.5, 0.6) is 0 Å². The lowest BCUT2D eigenvalue weighted by Gasteiger charge is -2.35. The minimum atomic E-state index is 0.236. The number of piperazine rings is 1. The Labute approximate surface area is 150 Å². The summed E-state index contributed by atoms with van der Waals surface area (Å²) < 4.78 is 1.10. The van der Waals surface area contributed by atoms with Gasteiger partial charge in [0.15, 0.2) is 0 Å². The number of benzene rings is 1. The van der Waals surface area contributed by atoms with E-state index in [0.29, 0.717) is 5.95 Å². The Kier molecular flexibility index (Phi) is 4.78. The Morgan fingerprint density at radius 1 is 1.08 bits per heavy atom. The van der Waals surface area contributed by atoms with Crippen LogP contribution in [0.3, 0.4) is 0 Å². The zero-order valence-corrected chi connectivity index (χ0v) is 14.7. The Balaban J connectivity index is 1.40. The van der Waals surface area contributed by atoms with Crippen molar-refractivity contribution in [2.45, 2.75) is 0 Å². The van der Waals surface area contributed by atoms with Gasteiger partial charge in [-0.3, -0.25) is 4.90 Å². The van der Waals surface area contributed by atoms with Gasteiger partial charge < -0.3 is 15.3 Å². The molecule has 1 aliphatic rings. The van der Waals surface area contributed by atoms with E-state index < -0.39 is 0 Å². The molecule has 0 amide bonds. The molecule has 0 atom stereocenters. The summed E-state index contributed by atoms with van der Waals surface area (Å²) in [4.78, 5) is 13.6. The van der Waals surface area contributed by atoms with E-state index in [-0.39, 0.29) is 6.61 Å². The molecule has 0 unspecified atom stereocenters. The zero-order chi connectivity index (χ0) is 17.1. The van der Waals surface area contributed by atoms with Gasteiger partial charge in [-0.25, -0.2) is 9.97 Å². The molecule has 25 heavy (non-hydrogen) atoms. The number of β-amino-alcohol motifs (C(OH)–C–C–N with tert-alkyl or cyclic N) is 1. The Morgan fingerprint density at radius 2 is 1.88 bits per heavy atom. The van der Waals surface area contributed by atoms with Crippen molar-refractivity contribution in [3.63, 3.8) is 0 Å². The zero-order valence-electron chi connectivity index (χ0n) is 13.9. The molecule has 7 heteroatoms. The highest BCUT2D eigenvalue weighted by molar-refractivity contribution is 7.17. The molecule has 4 rings (SSSR count). The molecular formula is C18H21N5OS. The molecule has 0 bridgehead atoms. The highest BCUT2D eigenvalue weighted by Crippen LogP contribution is 2.23. The Morgan fingerprint density at radius 3 is 2.64 bits per heavy atom. The smallest absolute Gasteiger partial charge is 0.227 e. The number of aromatic nitrogens is 2. The van der Waals surface area contributed by atoms with Gasteiger partial charge in [0.2, 0.25) is 5.95 Å². The average molecular weight is 355 g/mol. The minimum Gasteiger partial charge on any atom is -0.395 e. The quantitative estimate of drug-likeness (QED) is 0.733. The van der Waals surface area contributed by atoms with Gasteiger partial charge in [-0.2, -0.15) is 0 Å². The molecular weight excluding hydrogens is 334 g/mol. The van der Waals surface area contributed by atoms with Gasteiger partial charge in [-0.05, 0) is 35.7 Å². The van der Waals surface area contributed by atoms with Gasteiger partial charge in [-0.1, -0.05) is 0 Å². The molecule has 1 fully saturated rings. The SMILES string of the molecule is OCCN1CCN(c2ccc(Nc3ncc4sccc4n3)cc2)CC1. The average Bonchev–Trinajstić information content (AvgIpc) is 3.11. The van der Waals surface area contributed by atoms with E-state index in [2.05, 4.69) is 49.4 Å². The first-order valence-corrected chi connectivity index (χ1v) is 9.35. The highest BCUT2D eigenvalue weighted by Gasteiger charge is 2.16. The number of nitrogens with one attached hydrogen (secondary N) is 1. The number of rotatable bonds is 5. The van der Waals surface area contributed by atoms with E-state index in [1.165, 1.54) is 5.69 Å². The van der Waals surface area contributed by atoms with Crippen molar-refractivity contribution in [3.8, 4) is 0 Å². The third kappa shape index (κ3) is 3.73. The monoisotopic (exact) mass is 355 g/mol. The van der Waals surface area contributed by atoms with E-state index >= 15 is 0 Å². The number of nitrogens with zero attached hydrogens (tertiary/aromatic N) is 4. The van der Waals surface area contributed by atoms with Crippen molar-refractivity contribution in [3.05, 3.63) is 41.9 Å². The van der Waals surface area contributed by atoms with Crippen LogP contribution in [0.4, 0.5) is 17.3 Å². The molecule has 2 aromatic heterocycles. The summed E-state index contributed by atoms with van der Waals surface area (Å²) in [5.74, 6) is 0.622. The molecule has 1 saturated heterocycles. The molecule has 3 aromatic rings. The molecule has 0 saturated carbocycles. The number of anilines is 3. The van der Waals surface area contributed by atoms with Gasteiger partial charge in [-0.15, -0.1) is 11.3 Å².